The Morgan fingerprint density at radius 1 is 1.21 bits per heavy atom. The van der Waals surface area contributed by atoms with Gasteiger partial charge in [-0.25, -0.2) is 4.39 Å². The highest BCUT2D eigenvalue weighted by Crippen LogP contribution is 2.29. The van der Waals surface area contributed by atoms with Gasteiger partial charge < -0.3 is 9.73 Å². The van der Waals surface area contributed by atoms with Crippen LogP contribution in [0.15, 0.2) is 34.7 Å². The molecule has 0 bridgehead atoms. The lowest BCUT2D eigenvalue weighted by Crippen LogP contribution is -2.19. The molecule has 0 spiro atoms. The van der Waals surface area contributed by atoms with Crippen molar-refractivity contribution in [3.8, 4) is 11.3 Å². The quantitative estimate of drug-likeness (QED) is 0.860. The first-order valence-corrected chi connectivity index (χ1v) is 6.75. The van der Waals surface area contributed by atoms with Crippen LogP contribution in [-0.2, 0) is 0 Å². The first-order chi connectivity index (χ1) is 9.15. The van der Waals surface area contributed by atoms with Crippen LogP contribution in [0, 0.1) is 12.7 Å². The largest absolute Gasteiger partial charge is 0.459 e. The van der Waals surface area contributed by atoms with Gasteiger partial charge in [0.15, 0.2) is 0 Å². The first-order valence-electron chi connectivity index (χ1n) is 6.75. The van der Waals surface area contributed by atoms with Crippen molar-refractivity contribution in [2.75, 3.05) is 6.54 Å². The standard InChI is InChI=1S/C16H20FNO/c1-4-14(18-5-2)16-9-8-15(19-16)13-10-12(17)7-6-11(13)3/h6-10,14,18H,4-5H2,1-3H3. The second kappa shape index (κ2) is 6.02. The van der Waals surface area contributed by atoms with Crippen molar-refractivity contribution in [1.29, 1.82) is 0 Å². The molecule has 1 aromatic heterocycles. The Morgan fingerprint density at radius 3 is 2.68 bits per heavy atom. The third kappa shape index (κ3) is 3.04. The summed E-state index contributed by atoms with van der Waals surface area (Å²) in [5, 5.41) is 3.37. The molecule has 102 valence electrons. The van der Waals surface area contributed by atoms with Gasteiger partial charge in [-0.15, -0.1) is 0 Å². The van der Waals surface area contributed by atoms with Crippen LogP contribution in [0.2, 0.25) is 0 Å². The van der Waals surface area contributed by atoms with E-state index in [1.807, 2.05) is 19.1 Å². The van der Waals surface area contributed by atoms with Crippen LogP contribution in [0.3, 0.4) is 0 Å². The summed E-state index contributed by atoms with van der Waals surface area (Å²) in [6.45, 7) is 7.04. The van der Waals surface area contributed by atoms with E-state index in [-0.39, 0.29) is 11.9 Å². The Balaban J connectivity index is 2.32. The van der Waals surface area contributed by atoms with Crippen LogP contribution in [0.5, 0.6) is 0 Å². The first kappa shape index (κ1) is 13.8. The Morgan fingerprint density at radius 2 is 2.00 bits per heavy atom. The van der Waals surface area contributed by atoms with E-state index in [1.165, 1.54) is 12.1 Å². The van der Waals surface area contributed by atoms with Gasteiger partial charge in [0.2, 0.25) is 0 Å². The van der Waals surface area contributed by atoms with Crippen LogP contribution in [-0.4, -0.2) is 6.54 Å². The van der Waals surface area contributed by atoms with Crippen LogP contribution >= 0.6 is 0 Å². The number of furan rings is 1. The molecule has 1 N–H and O–H groups in total. The van der Waals surface area contributed by atoms with E-state index in [9.17, 15) is 4.39 Å². The molecule has 1 heterocycles. The molecule has 0 saturated carbocycles. The van der Waals surface area contributed by atoms with Crippen molar-refractivity contribution in [3.05, 3.63) is 47.5 Å². The number of hydrogen-bond donors (Lipinski definition) is 1. The topological polar surface area (TPSA) is 25.2 Å². The zero-order valence-corrected chi connectivity index (χ0v) is 11.7. The van der Waals surface area contributed by atoms with Gasteiger partial charge in [0.1, 0.15) is 17.3 Å². The van der Waals surface area contributed by atoms with Gasteiger partial charge in [-0.05, 0) is 49.7 Å². The fraction of sp³-hybridized carbons (Fsp3) is 0.375. The fourth-order valence-electron chi connectivity index (χ4n) is 2.24. The molecule has 19 heavy (non-hydrogen) atoms. The maximum Gasteiger partial charge on any atom is 0.134 e. The maximum absolute atomic E-state index is 13.3. The van der Waals surface area contributed by atoms with E-state index in [2.05, 4.69) is 19.2 Å². The summed E-state index contributed by atoms with van der Waals surface area (Å²) in [5.74, 6) is 1.39. The summed E-state index contributed by atoms with van der Waals surface area (Å²) >= 11 is 0. The average Bonchev–Trinajstić information content (AvgIpc) is 2.88. The molecular formula is C16H20FNO. The molecule has 1 aromatic carbocycles. The normalized spacial score (nSPS) is 12.6. The van der Waals surface area contributed by atoms with Gasteiger partial charge in [-0.3, -0.25) is 0 Å². The summed E-state index contributed by atoms with van der Waals surface area (Å²) in [6, 6.07) is 8.86. The second-order valence-corrected chi connectivity index (χ2v) is 4.68. The highest BCUT2D eigenvalue weighted by molar-refractivity contribution is 5.62. The number of benzene rings is 1. The van der Waals surface area contributed by atoms with Gasteiger partial charge in [-0.2, -0.15) is 0 Å². The number of rotatable bonds is 5. The predicted octanol–water partition coefficient (Wildman–Crippen LogP) is 4.45. The molecule has 2 nitrogen and oxygen atoms in total. The third-order valence-electron chi connectivity index (χ3n) is 3.29. The van der Waals surface area contributed by atoms with Gasteiger partial charge in [0.25, 0.3) is 0 Å². The molecule has 0 saturated heterocycles. The van der Waals surface area contributed by atoms with E-state index < -0.39 is 0 Å². The Bertz CT molecular complexity index is 547. The molecule has 0 fully saturated rings. The third-order valence-corrected chi connectivity index (χ3v) is 3.29. The zero-order valence-electron chi connectivity index (χ0n) is 11.7. The molecule has 0 aliphatic carbocycles. The molecule has 1 atom stereocenters. The van der Waals surface area contributed by atoms with Gasteiger partial charge >= 0.3 is 0 Å². The van der Waals surface area contributed by atoms with Crippen LogP contribution in [0.1, 0.15) is 37.6 Å². The van der Waals surface area contributed by atoms with E-state index in [0.717, 1.165) is 35.6 Å². The number of hydrogen-bond acceptors (Lipinski definition) is 2. The summed E-state index contributed by atoms with van der Waals surface area (Å²) in [6.07, 6.45) is 0.961. The molecular weight excluding hydrogens is 241 g/mol. The second-order valence-electron chi connectivity index (χ2n) is 4.68. The van der Waals surface area contributed by atoms with E-state index in [4.69, 9.17) is 4.42 Å². The number of nitrogens with one attached hydrogen (secondary N) is 1. The summed E-state index contributed by atoms with van der Waals surface area (Å²) < 4.78 is 19.2. The molecule has 0 amide bonds. The molecule has 1 unspecified atom stereocenters. The van der Waals surface area contributed by atoms with Crippen LogP contribution < -0.4 is 5.32 Å². The van der Waals surface area contributed by atoms with Gasteiger partial charge in [0.05, 0.1) is 6.04 Å². The molecule has 2 rings (SSSR count). The van der Waals surface area contributed by atoms with Gasteiger partial charge in [-0.1, -0.05) is 19.9 Å². The van der Waals surface area contributed by atoms with E-state index in [0.29, 0.717) is 0 Å². The lowest BCUT2D eigenvalue weighted by molar-refractivity contribution is 0.417. The number of halogens is 1. The Hall–Kier alpha value is -1.61. The monoisotopic (exact) mass is 261 g/mol. The van der Waals surface area contributed by atoms with E-state index in [1.54, 1.807) is 6.07 Å². The minimum atomic E-state index is -0.239. The van der Waals surface area contributed by atoms with Crippen molar-refractivity contribution in [2.45, 2.75) is 33.2 Å². The predicted molar refractivity (Wildman–Crippen MR) is 75.5 cm³/mol. The lowest BCUT2D eigenvalue weighted by atomic mass is 10.1. The number of aryl methyl sites for hydroxylation is 1. The maximum atomic E-state index is 13.3. The summed E-state index contributed by atoms with van der Waals surface area (Å²) in [7, 11) is 0. The van der Waals surface area contributed by atoms with Gasteiger partial charge in [0, 0.05) is 5.56 Å². The van der Waals surface area contributed by atoms with Crippen LogP contribution in [0.4, 0.5) is 4.39 Å². The Kier molecular flexibility index (Phi) is 4.38. The minimum absolute atomic E-state index is 0.215. The zero-order chi connectivity index (χ0) is 13.8. The summed E-state index contributed by atoms with van der Waals surface area (Å²) in [4.78, 5) is 0. The summed E-state index contributed by atoms with van der Waals surface area (Å²) in [5.41, 5.74) is 1.83. The molecule has 0 aliphatic heterocycles. The fourth-order valence-corrected chi connectivity index (χ4v) is 2.24. The van der Waals surface area contributed by atoms with Crippen molar-refractivity contribution in [2.24, 2.45) is 0 Å². The molecule has 0 aliphatic rings. The van der Waals surface area contributed by atoms with Crippen molar-refractivity contribution >= 4 is 0 Å². The SMILES string of the molecule is CCNC(CC)c1ccc(-c2cc(F)ccc2C)o1. The lowest BCUT2D eigenvalue weighted by Gasteiger charge is -2.12. The molecule has 2 aromatic rings. The van der Waals surface area contributed by atoms with Crippen LogP contribution in [0.25, 0.3) is 11.3 Å². The van der Waals surface area contributed by atoms with Crippen molar-refractivity contribution in [1.82, 2.24) is 5.32 Å². The van der Waals surface area contributed by atoms with Crippen molar-refractivity contribution < 1.29 is 8.81 Å². The van der Waals surface area contributed by atoms with E-state index >= 15 is 0 Å². The average molecular weight is 261 g/mol. The van der Waals surface area contributed by atoms with Crippen molar-refractivity contribution in [3.63, 3.8) is 0 Å². The smallest absolute Gasteiger partial charge is 0.134 e. The molecule has 0 radical (unpaired) electrons. The molecule has 3 heteroatoms. The Labute approximate surface area is 113 Å². The highest BCUT2D eigenvalue weighted by Gasteiger charge is 2.14. The minimum Gasteiger partial charge on any atom is -0.459 e. The highest BCUT2D eigenvalue weighted by atomic mass is 19.1.